The van der Waals surface area contributed by atoms with Crippen LogP contribution in [0.3, 0.4) is 0 Å². The minimum Gasteiger partial charge on any atom is -0.493 e. The molecular weight excluding hydrogens is 292 g/mol. The number of piperazine rings is 1. The summed E-state index contributed by atoms with van der Waals surface area (Å²) >= 11 is 6.18. The molecule has 0 aliphatic carbocycles. The molecule has 0 radical (unpaired) electrons. The summed E-state index contributed by atoms with van der Waals surface area (Å²) in [6, 6.07) is 3.97. The van der Waals surface area contributed by atoms with Crippen molar-refractivity contribution in [2.45, 2.75) is 13.0 Å². The number of ether oxygens (including phenoxy) is 1. The number of nitrogens with zero attached hydrogens (tertiary/aromatic N) is 2. The second-order valence-corrected chi connectivity index (χ2v) is 6.03. The monoisotopic (exact) mass is 310 g/mol. The fraction of sp³-hybridized carbons (Fsp3) is 0.533. The molecule has 0 saturated carbocycles. The normalized spacial score (nSPS) is 19.3. The Balaban J connectivity index is 1.62. The van der Waals surface area contributed by atoms with E-state index in [1.807, 2.05) is 17.0 Å². The summed E-state index contributed by atoms with van der Waals surface area (Å²) < 4.78 is 5.73. The number of hydrogen-bond donors (Lipinski definition) is 1. The zero-order valence-corrected chi connectivity index (χ0v) is 12.6. The molecule has 0 bridgehead atoms. The molecule has 5 nitrogen and oxygen atoms in total. The average Bonchev–Trinajstić information content (AvgIpc) is 2.88. The molecule has 0 amide bonds. The van der Waals surface area contributed by atoms with E-state index in [2.05, 4.69) is 4.90 Å². The highest BCUT2D eigenvalue weighted by atomic mass is 35.5. The van der Waals surface area contributed by atoms with Crippen LogP contribution in [0.5, 0.6) is 5.75 Å². The Kier molecular flexibility index (Phi) is 4.33. The quantitative estimate of drug-likeness (QED) is 0.913. The van der Waals surface area contributed by atoms with Gasteiger partial charge in [-0.3, -0.25) is 14.6 Å². The van der Waals surface area contributed by atoms with E-state index in [9.17, 15) is 4.79 Å². The van der Waals surface area contributed by atoms with Gasteiger partial charge in [0, 0.05) is 49.7 Å². The average molecular weight is 311 g/mol. The number of hydrogen-bond acceptors (Lipinski definition) is 4. The first-order chi connectivity index (χ1) is 10.1. The van der Waals surface area contributed by atoms with Gasteiger partial charge in [0.25, 0.3) is 0 Å². The maximum Gasteiger partial charge on any atom is 0.317 e. The van der Waals surface area contributed by atoms with Crippen LogP contribution in [0.1, 0.15) is 11.1 Å². The molecule has 1 N–H and O–H groups in total. The van der Waals surface area contributed by atoms with Gasteiger partial charge in [0.05, 0.1) is 13.2 Å². The second kappa shape index (κ2) is 6.22. The molecule has 21 heavy (non-hydrogen) atoms. The molecule has 2 aliphatic rings. The number of carboxylic acids is 1. The third-order valence-corrected chi connectivity index (χ3v) is 4.26. The summed E-state index contributed by atoms with van der Waals surface area (Å²) in [4.78, 5) is 15.0. The van der Waals surface area contributed by atoms with Crippen molar-refractivity contribution in [2.24, 2.45) is 0 Å². The molecule has 3 rings (SSSR count). The molecule has 0 aromatic heterocycles. The summed E-state index contributed by atoms with van der Waals surface area (Å²) in [7, 11) is 0. The Morgan fingerprint density at radius 2 is 1.95 bits per heavy atom. The van der Waals surface area contributed by atoms with Crippen LogP contribution >= 0.6 is 11.6 Å². The predicted octanol–water partition coefficient (Wildman–Crippen LogP) is 1.48. The first-order valence-corrected chi connectivity index (χ1v) is 7.60. The Labute approximate surface area is 129 Å². The largest absolute Gasteiger partial charge is 0.493 e. The third kappa shape index (κ3) is 3.48. The fourth-order valence-corrected chi connectivity index (χ4v) is 3.26. The van der Waals surface area contributed by atoms with Crippen LogP contribution in [-0.2, 0) is 17.8 Å². The van der Waals surface area contributed by atoms with Gasteiger partial charge in [0.1, 0.15) is 5.75 Å². The highest BCUT2D eigenvalue weighted by Gasteiger charge is 2.22. The minimum atomic E-state index is -0.760. The van der Waals surface area contributed by atoms with Crippen LogP contribution in [0.25, 0.3) is 0 Å². The van der Waals surface area contributed by atoms with Crippen molar-refractivity contribution < 1.29 is 14.6 Å². The van der Waals surface area contributed by atoms with Gasteiger partial charge in [-0.1, -0.05) is 11.6 Å². The number of halogens is 1. The summed E-state index contributed by atoms with van der Waals surface area (Å²) in [6.45, 7) is 4.98. The lowest BCUT2D eigenvalue weighted by Gasteiger charge is -2.34. The van der Waals surface area contributed by atoms with Gasteiger partial charge in [0.15, 0.2) is 0 Å². The highest BCUT2D eigenvalue weighted by molar-refractivity contribution is 6.30. The Hall–Kier alpha value is -1.30. The second-order valence-electron chi connectivity index (χ2n) is 5.60. The summed E-state index contributed by atoms with van der Waals surface area (Å²) in [6.07, 6.45) is 0.926. The molecule has 1 aromatic carbocycles. The van der Waals surface area contributed by atoms with Crippen molar-refractivity contribution >= 4 is 17.6 Å². The number of rotatable bonds is 4. The number of benzene rings is 1. The van der Waals surface area contributed by atoms with Crippen LogP contribution in [-0.4, -0.2) is 60.2 Å². The Morgan fingerprint density at radius 3 is 2.67 bits per heavy atom. The number of aliphatic carboxylic acids is 1. The fourth-order valence-electron chi connectivity index (χ4n) is 3.00. The topological polar surface area (TPSA) is 53.0 Å². The van der Waals surface area contributed by atoms with Crippen LogP contribution in [0.2, 0.25) is 5.02 Å². The number of fused-ring (bicyclic) bond motifs is 1. The van der Waals surface area contributed by atoms with E-state index in [4.69, 9.17) is 21.4 Å². The van der Waals surface area contributed by atoms with Crippen molar-refractivity contribution in [3.8, 4) is 5.75 Å². The Bertz CT molecular complexity index is 542. The van der Waals surface area contributed by atoms with Crippen LogP contribution < -0.4 is 4.74 Å². The molecule has 1 saturated heterocycles. The van der Waals surface area contributed by atoms with E-state index in [0.717, 1.165) is 62.1 Å². The van der Waals surface area contributed by atoms with E-state index in [1.165, 1.54) is 5.56 Å². The van der Waals surface area contributed by atoms with Crippen molar-refractivity contribution in [1.29, 1.82) is 0 Å². The smallest absolute Gasteiger partial charge is 0.317 e. The molecule has 1 fully saturated rings. The van der Waals surface area contributed by atoms with Gasteiger partial charge in [-0.2, -0.15) is 0 Å². The molecule has 2 heterocycles. The molecular formula is C15H19ClN2O3. The molecule has 114 valence electrons. The molecule has 0 unspecified atom stereocenters. The SMILES string of the molecule is O=C(O)CN1CCN(Cc2cc(Cl)cc3c2OCC3)CC1. The van der Waals surface area contributed by atoms with Crippen LogP contribution in [0, 0.1) is 0 Å². The first-order valence-electron chi connectivity index (χ1n) is 7.22. The Morgan fingerprint density at radius 1 is 1.24 bits per heavy atom. The maximum atomic E-state index is 10.7. The van der Waals surface area contributed by atoms with Crippen LogP contribution in [0.15, 0.2) is 12.1 Å². The molecule has 6 heteroatoms. The van der Waals surface area contributed by atoms with E-state index in [0.29, 0.717) is 0 Å². The minimum absolute atomic E-state index is 0.128. The lowest BCUT2D eigenvalue weighted by Crippen LogP contribution is -2.47. The van der Waals surface area contributed by atoms with Gasteiger partial charge in [-0.05, 0) is 17.7 Å². The van der Waals surface area contributed by atoms with Crippen molar-refractivity contribution in [3.63, 3.8) is 0 Å². The van der Waals surface area contributed by atoms with E-state index >= 15 is 0 Å². The molecule has 0 atom stereocenters. The van der Waals surface area contributed by atoms with E-state index < -0.39 is 5.97 Å². The van der Waals surface area contributed by atoms with E-state index in [1.54, 1.807) is 0 Å². The zero-order chi connectivity index (χ0) is 14.8. The lowest BCUT2D eigenvalue weighted by molar-refractivity contribution is -0.138. The van der Waals surface area contributed by atoms with E-state index in [-0.39, 0.29) is 6.54 Å². The van der Waals surface area contributed by atoms with Gasteiger partial charge >= 0.3 is 5.97 Å². The first kappa shape index (κ1) is 14.6. The maximum absolute atomic E-state index is 10.7. The number of carboxylic acid groups (broad SMARTS) is 1. The van der Waals surface area contributed by atoms with Gasteiger partial charge in [-0.15, -0.1) is 0 Å². The highest BCUT2D eigenvalue weighted by Crippen LogP contribution is 2.33. The van der Waals surface area contributed by atoms with Gasteiger partial charge < -0.3 is 9.84 Å². The standard InChI is InChI=1S/C15H19ClN2O3/c16-13-7-11-1-6-21-15(11)12(8-13)9-17-2-4-18(5-3-17)10-14(19)20/h7-8H,1-6,9-10H2,(H,19,20). The zero-order valence-electron chi connectivity index (χ0n) is 11.8. The lowest BCUT2D eigenvalue weighted by atomic mass is 10.1. The van der Waals surface area contributed by atoms with Gasteiger partial charge in [0.2, 0.25) is 0 Å². The van der Waals surface area contributed by atoms with Crippen molar-refractivity contribution in [3.05, 3.63) is 28.3 Å². The van der Waals surface area contributed by atoms with Crippen LogP contribution in [0.4, 0.5) is 0 Å². The van der Waals surface area contributed by atoms with Gasteiger partial charge in [-0.25, -0.2) is 0 Å². The third-order valence-electron chi connectivity index (χ3n) is 4.04. The predicted molar refractivity (Wildman–Crippen MR) is 80.0 cm³/mol. The summed E-state index contributed by atoms with van der Waals surface area (Å²) in [5.74, 6) is 0.233. The summed E-state index contributed by atoms with van der Waals surface area (Å²) in [5.41, 5.74) is 2.34. The van der Waals surface area contributed by atoms with Crippen molar-refractivity contribution in [1.82, 2.24) is 9.80 Å². The summed E-state index contributed by atoms with van der Waals surface area (Å²) in [5, 5.41) is 9.58. The van der Waals surface area contributed by atoms with Crippen molar-refractivity contribution in [2.75, 3.05) is 39.3 Å². The molecule has 1 aromatic rings. The number of carbonyl (C=O) groups is 1. The molecule has 2 aliphatic heterocycles. The molecule has 0 spiro atoms.